The topological polar surface area (TPSA) is 155 Å². The Hall–Kier alpha value is -4.60. The predicted molar refractivity (Wildman–Crippen MR) is 140 cm³/mol. The van der Waals surface area contributed by atoms with Crippen molar-refractivity contribution in [3.8, 4) is 0 Å². The van der Waals surface area contributed by atoms with Crippen LogP contribution in [-0.2, 0) is 25.6 Å². The molecule has 2 atom stereocenters. The molecule has 0 saturated heterocycles. The third kappa shape index (κ3) is 6.78. The first-order valence-corrected chi connectivity index (χ1v) is 12.1. The molecule has 10 nitrogen and oxygen atoms in total. The molecule has 198 valence electrons. The van der Waals surface area contributed by atoms with Crippen LogP contribution in [-0.4, -0.2) is 58.2 Å². The minimum absolute atomic E-state index is 0.130. The molecule has 1 heterocycles. The summed E-state index contributed by atoms with van der Waals surface area (Å²) >= 11 is 0. The third-order valence-electron chi connectivity index (χ3n) is 6.26. The summed E-state index contributed by atoms with van der Waals surface area (Å²) in [5.74, 6) is -3.57. The highest BCUT2D eigenvalue weighted by molar-refractivity contribution is 6.07. The lowest BCUT2D eigenvalue weighted by molar-refractivity contribution is -0.139. The highest BCUT2D eigenvalue weighted by Gasteiger charge is 2.43. The van der Waals surface area contributed by atoms with Gasteiger partial charge >= 0.3 is 5.97 Å². The Morgan fingerprint density at radius 1 is 1.00 bits per heavy atom. The fourth-order valence-corrected chi connectivity index (χ4v) is 4.17. The first kappa shape index (κ1) is 28.0. The highest BCUT2D eigenvalue weighted by atomic mass is 16.4. The van der Waals surface area contributed by atoms with E-state index in [1.54, 1.807) is 32.0 Å². The summed E-state index contributed by atoms with van der Waals surface area (Å²) in [5.41, 5.74) is -0.522. The van der Waals surface area contributed by atoms with Crippen molar-refractivity contribution in [1.82, 2.24) is 20.9 Å². The summed E-state index contributed by atoms with van der Waals surface area (Å²) in [4.78, 5) is 65.9. The van der Waals surface area contributed by atoms with Crippen LogP contribution in [0.15, 0.2) is 66.9 Å². The SMILES string of the molecule is CC(C)C(Cc1ccccc1)(NC(=O)c1nccc2ccccc12)C(=O)NCC(=O)N[C@H](C=O)CC(=O)O. The van der Waals surface area contributed by atoms with Crippen molar-refractivity contribution < 1.29 is 29.1 Å². The molecule has 0 aliphatic heterocycles. The maximum Gasteiger partial charge on any atom is 0.305 e. The van der Waals surface area contributed by atoms with Crippen molar-refractivity contribution in [2.45, 2.75) is 38.3 Å². The third-order valence-corrected chi connectivity index (χ3v) is 6.26. The second kappa shape index (κ2) is 12.6. The number of rotatable bonds is 12. The first-order chi connectivity index (χ1) is 18.2. The van der Waals surface area contributed by atoms with E-state index in [1.165, 1.54) is 6.20 Å². The molecular formula is C28H30N4O6. The molecule has 1 aromatic heterocycles. The van der Waals surface area contributed by atoms with E-state index >= 15 is 0 Å². The molecule has 38 heavy (non-hydrogen) atoms. The Balaban J connectivity index is 1.89. The number of benzene rings is 2. The molecule has 0 spiro atoms. The maximum atomic E-state index is 13.7. The van der Waals surface area contributed by atoms with Crippen molar-refractivity contribution in [2.75, 3.05) is 6.54 Å². The number of hydrogen-bond acceptors (Lipinski definition) is 6. The molecule has 0 saturated carbocycles. The fourth-order valence-electron chi connectivity index (χ4n) is 4.17. The number of carboxylic acids is 1. The van der Waals surface area contributed by atoms with Gasteiger partial charge in [-0.15, -0.1) is 0 Å². The maximum absolute atomic E-state index is 13.7. The number of hydrogen-bond donors (Lipinski definition) is 4. The van der Waals surface area contributed by atoms with Crippen LogP contribution in [0.1, 0.15) is 36.3 Å². The zero-order valence-corrected chi connectivity index (χ0v) is 21.1. The Morgan fingerprint density at radius 2 is 1.68 bits per heavy atom. The van der Waals surface area contributed by atoms with E-state index < -0.39 is 54.2 Å². The van der Waals surface area contributed by atoms with Gasteiger partial charge in [0.25, 0.3) is 5.91 Å². The Kier molecular flexibility index (Phi) is 9.26. The van der Waals surface area contributed by atoms with Crippen LogP contribution in [0, 0.1) is 5.92 Å². The number of nitrogens with one attached hydrogen (secondary N) is 3. The van der Waals surface area contributed by atoms with Crippen LogP contribution >= 0.6 is 0 Å². The molecule has 1 unspecified atom stereocenters. The Bertz CT molecular complexity index is 1320. The molecule has 4 N–H and O–H groups in total. The number of pyridine rings is 1. The van der Waals surface area contributed by atoms with Gasteiger partial charge in [0.05, 0.1) is 19.0 Å². The fraction of sp³-hybridized carbons (Fsp3) is 0.286. The lowest BCUT2D eigenvalue weighted by Crippen LogP contribution is -2.64. The number of fused-ring (bicyclic) bond motifs is 1. The van der Waals surface area contributed by atoms with E-state index in [0.29, 0.717) is 11.7 Å². The van der Waals surface area contributed by atoms with Gasteiger partial charge in [-0.05, 0) is 22.9 Å². The van der Waals surface area contributed by atoms with E-state index in [1.807, 2.05) is 42.5 Å². The Morgan fingerprint density at radius 3 is 2.34 bits per heavy atom. The van der Waals surface area contributed by atoms with E-state index in [9.17, 15) is 24.0 Å². The number of amides is 3. The van der Waals surface area contributed by atoms with Gasteiger partial charge < -0.3 is 25.9 Å². The highest BCUT2D eigenvalue weighted by Crippen LogP contribution is 2.25. The molecular weight excluding hydrogens is 488 g/mol. The van der Waals surface area contributed by atoms with Crippen LogP contribution < -0.4 is 16.0 Å². The molecule has 0 radical (unpaired) electrons. The minimum Gasteiger partial charge on any atom is -0.481 e. The summed E-state index contributed by atoms with van der Waals surface area (Å²) < 4.78 is 0. The molecule has 0 fully saturated rings. The molecule has 0 bridgehead atoms. The average Bonchev–Trinajstić information content (AvgIpc) is 2.90. The van der Waals surface area contributed by atoms with Gasteiger partial charge in [0.2, 0.25) is 11.8 Å². The molecule has 3 aromatic rings. The van der Waals surface area contributed by atoms with Crippen LogP contribution in [0.25, 0.3) is 10.8 Å². The van der Waals surface area contributed by atoms with Crippen molar-refractivity contribution in [2.24, 2.45) is 5.92 Å². The quantitative estimate of drug-likeness (QED) is 0.267. The van der Waals surface area contributed by atoms with Gasteiger partial charge in [-0.25, -0.2) is 0 Å². The van der Waals surface area contributed by atoms with Gasteiger partial charge in [-0.2, -0.15) is 0 Å². The van der Waals surface area contributed by atoms with E-state index in [2.05, 4.69) is 20.9 Å². The first-order valence-electron chi connectivity index (χ1n) is 12.1. The number of carboxylic acid groups (broad SMARTS) is 1. The van der Waals surface area contributed by atoms with Crippen molar-refractivity contribution in [3.63, 3.8) is 0 Å². The normalized spacial score (nSPS) is 13.2. The van der Waals surface area contributed by atoms with E-state index in [-0.39, 0.29) is 12.1 Å². The van der Waals surface area contributed by atoms with Gasteiger partial charge in [-0.3, -0.25) is 24.2 Å². The lowest BCUT2D eigenvalue weighted by atomic mass is 9.79. The number of nitrogens with zero attached hydrogens (tertiary/aromatic N) is 1. The van der Waals surface area contributed by atoms with Gasteiger partial charge in [0, 0.05) is 18.0 Å². The predicted octanol–water partition coefficient (Wildman–Crippen LogP) is 1.88. The smallest absolute Gasteiger partial charge is 0.305 e. The summed E-state index contributed by atoms with van der Waals surface area (Å²) in [5, 5.41) is 18.1. The molecule has 0 aliphatic carbocycles. The van der Waals surface area contributed by atoms with Crippen LogP contribution in [0.3, 0.4) is 0 Å². The average molecular weight is 519 g/mol. The van der Waals surface area contributed by atoms with Crippen LogP contribution in [0.4, 0.5) is 0 Å². The molecule has 0 aliphatic rings. The lowest BCUT2D eigenvalue weighted by Gasteiger charge is -2.37. The number of aliphatic carboxylic acids is 1. The van der Waals surface area contributed by atoms with Crippen molar-refractivity contribution in [3.05, 3.63) is 78.1 Å². The zero-order chi connectivity index (χ0) is 27.7. The zero-order valence-electron chi connectivity index (χ0n) is 21.1. The van der Waals surface area contributed by atoms with Crippen molar-refractivity contribution >= 4 is 40.7 Å². The number of aldehydes is 1. The number of carbonyl (C=O) groups excluding carboxylic acids is 4. The van der Waals surface area contributed by atoms with Gasteiger partial charge in [-0.1, -0.05) is 68.4 Å². The molecule has 3 amide bonds. The van der Waals surface area contributed by atoms with Crippen LogP contribution in [0.2, 0.25) is 0 Å². The second-order valence-electron chi connectivity index (χ2n) is 9.21. The van der Waals surface area contributed by atoms with E-state index in [0.717, 1.165) is 10.9 Å². The second-order valence-corrected chi connectivity index (χ2v) is 9.21. The molecule has 3 rings (SSSR count). The summed E-state index contributed by atoms with van der Waals surface area (Å²) in [6.07, 6.45) is 1.39. The number of aromatic nitrogens is 1. The Labute approximate surface area is 219 Å². The van der Waals surface area contributed by atoms with Crippen LogP contribution in [0.5, 0.6) is 0 Å². The number of carbonyl (C=O) groups is 5. The summed E-state index contributed by atoms with van der Waals surface area (Å²) in [6, 6.07) is 17.0. The summed E-state index contributed by atoms with van der Waals surface area (Å²) in [6.45, 7) is 3.05. The van der Waals surface area contributed by atoms with Gasteiger partial charge in [0.1, 0.15) is 17.5 Å². The largest absolute Gasteiger partial charge is 0.481 e. The monoisotopic (exact) mass is 518 g/mol. The molecule has 2 aromatic carbocycles. The van der Waals surface area contributed by atoms with Crippen molar-refractivity contribution in [1.29, 1.82) is 0 Å². The van der Waals surface area contributed by atoms with Gasteiger partial charge in [0.15, 0.2) is 0 Å². The standard InChI is InChI=1S/C28H30N4O6/c1-18(2)28(15-19-8-4-3-5-9-19,27(38)30-16-23(34)31-21(17-33)14-24(35)36)32-26(37)25-22-11-7-6-10-20(22)12-13-29-25/h3-13,17-18,21H,14-16H2,1-2H3,(H,30,38)(H,31,34)(H,32,37)(H,35,36)/t21-,28?/m0/s1. The van der Waals surface area contributed by atoms with E-state index in [4.69, 9.17) is 5.11 Å². The minimum atomic E-state index is -1.47. The molecule has 10 heteroatoms. The summed E-state index contributed by atoms with van der Waals surface area (Å²) in [7, 11) is 0.